The number of carbonyl (C=O) groups is 2. The number of hydrogen-bond acceptors (Lipinski definition) is 5. The van der Waals surface area contributed by atoms with Gasteiger partial charge in [0.05, 0.1) is 30.5 Å². The molecule has 7 heteroatoms. The van der Waals surface area contributed by atoms with Crippen molar-refractivity contribution < 1.29 is 18.7 Å². The number of pyridine rings is 1. The van der Waals surface area contributed by atoms with Gasteiger partial charge in [0.1, 0.15) is 5.58 Å². The van der Waals surface area contributed by atoms with E-state index in [2.05, 4.69) is 15.6 Å². The van der Waals surface area contributed by atoms with E-state index in [1.807, 2.05) is 56.3 Å². The average Bonchev–Trinajstić information content (AvgIpc) is 3.15. The Hall–Kier alpha value is -3.71. The Labute approximate surface area is 179 Å². The Morgan fingerprint density at radius 3 is 2.71 bits per heavy atom. The van der Waals surface area contributed by atoms with Gasteiger partial charge < -0.3 is 19.8 Å². The van der Waals surface area contributed by atoms with E-state index < -0.39 is 5.91 Å². The van der Waals surface area contributed by atoms with Crippen molar-refractivity contribution >= 4 is 39.4 Å². The van der Waals surface area contributed by atoms with Crippen LogP contribution in [0, 0.1) is 0 Å². The summed E-state index contributed by atoms with van der Waals surface area (Å²) in [4.78, 5) is 29.6. The van der Waals surface area contributed by atoms with Crippen LogP contribution < -0.4 is 10.6 Å². The lowest BCUT2D eigenvalue weighted by Gasteiger charge is -2.10. The predicted molar refractivity (Wildman–Crippen MR) is 119 cm³/mol. The zero-order valence-electron chi connectivity index (χ0n) is 17.3. The first-order valence-corrected chi connectivity index (χ1v) is 10.1. The first-order chi connectivity index (χ1) is 15.0. The molecule has 158 valence electrons. The van der Waals surface area contributed by atoms with Crippen molar-refractivity contribution in [3.8, 4) is 0 Å². The third-order valence-electron chi connectivity index (χ3n) is 4.78. The number of nitrogens with one attached hydrogen (secondary N) is 2. The van der Waals surface area contributed by atoms with Crippen LogP contribution in [0.3, 0.4) is 0 Å². The van der Waals surface area contributed by atoms with Gasteiger partial charge in [-0.05, 0) is 32.0 Å². The van der Waals surface area contributed by atoms with Crippen molar-refractivity contribution in [2.45, 2.75) is 26.6 Å². The number of anilines is 1. The van der Waals surface area contributed by atoms with E-state index >= 15 is 0 Å². The van der Waals surface area contributed by atoms with Gasteiger partial charge in [0.15, 0.2) is 5.76 Å². The van der Waals surface area contributed by atoms with Crippen LogP contribution in [-0.4, -0.2) is 29.4 Å². The van der Waals surface area contributed by atoms with E-state index in [0.717, 1.165) is 10.8 Å². The summed E-state index contributed by atoms with van der Waals surface area (Å²) in [5.41, 5.74) is 2.55. The molecule has 0 aliphatic heterocycles. The molecule has 0 radical (unpaired) electrons. The summed E-state index contributed by atoms with van der Waals surface area (Å²) in [7, 11) is 0. The Morgan fingerprint density at radius 1 is 1.06 bits per heavy atom. The predicted octanol–water partition coefficient (Wildman–Crippen LogP) is 4.27. The van der Waals surface area contributed by atoms with E-state index in [4.69, 9.17) is 9.15 Å². The summed E-state index contributed by atoms with van der Waals surface area (Å²) in [6, 6.07) is 16.7. The number of para-hydroxylation sites is 2. The van der Waals surface area contributed by atoms with Gasteiger partial charge in [0, 0.05) is 22.5 Å². The lowest BCUT2D eigenvalue weighted by atomic mass is 10.1. The number of aromatic nitrogens is 1. The molecule has 0 spiro atoms. The Kier molecular flexibility index (Phi) is 5.95. The molecule has 0 fully saturated rings. The van der Waals surface area contributed by atoms with Gasteiger partial charge >= 0.3 is 0 Å². The van der Waals surface area contributed by atoms with Gasteiger partial charge in [0.25, 0.3) is 5.91 Å². The fourth-order valence-corrected chi connectivity index (χ4v) is 3.32. The van der Waals surface area contributed by atoms with Crippen LogP contribution in [0.5, 0.6) is 0 Å². The van der Waals surface area contributed by atoms with Crippen LogP contribution >= 0.6 is 0 Å². The number of ether oxygens (including phenoxy) is 1. The molecule has 0 bridgehead atoms. The third-order valence-corrected chi connectivity index (χ3v) is 4.78. The summed E-state index contributed by atoms with van der Waals surface area (Å²) in [5.74, 6) is -0.672. The minimum atomic E-state index is -0.468. The smallest absolute Gasteiger partial charge is 0.287 e. The molecule has 0 saturated heterocycles. The number of carbonyl (C=O) groups excluding carboxylic acids is 2. The fourth-order valence-electron chi connectivity index (χ4n) is 3.32. The molecule has 2 aromatic carbocycles. The molecule has 0 aliphatic rings. The second-order valence-electron chi connectivity index (χ2n) is 7.38. The molecular formula is C24H23N3O4. The monoisotopic (exact) mass is 417 g/mol. The Balaban J connectivity index is 1.47. The number of fused-ring (bicyclic) bond motifs is 2. The average molecular weight is 417 g/mol. The lowest BCUT2D eigenvalue weighted by molar-refractivity contribution is -0.115. The van der Waals surface area contributed by atoms with Crippen LogP contribution in [0.1, 0.15) is 30.0 Å². The largest absolute Gasteiger partial charge is 0.451 e. The minimum Gasteiger partial charge on any atom is -0.451 e. The van der Waals surface area contributed by atoms with Crippen LogP contribution in [0.25, 0.3) is 21.9 Å². The van der Waals surface area contributed by atoms with Crippen molar-refractivity contribution in [3.05, 3.63) is 72.1 Å². The minimum absolute atomic E-state index is 0.00431. The highest BCUT2D eigenvalue weighted by Gasteiger charge is 2.21. The molecule has 2 aromatic heterocycles. The van der Waals surface area contributed by atoms with Crippen LogP contribution in [0.4, 0.5) is 5.69 Å². The zero-order chi connectivity index (χ0) is 21.8. The van der Waals surface area contributed by atoms with Crippen LogP contribution in [0.2, 0.25) is 0 Å². The van der Waals surface area contributed by atoms with Crippen molar-refractivity contribution in [2.24, 2.45) is 0 Å². The number of hydrogen-bond donors (Lipinski definition) is 2. The highest BCUT2D eigenvalue weighted by Crippen LogP contribution is 2.27. The normalized spacial score (nSPS) is 11.2. The molecule has 0 unspecified atom stereocenters. The summed E-state index contributed by atoms with van der Waals surface area (Å²) in [6.45, 7) is 3.89. The Bertz CT molecular complexity index is 1240. The first-order valence-electron chi connectivity index (χ1n) is 10.1. The molecule has 31 heavy (non-hydrogen) atoms. The summed E-state index contributed by atoms with van der Waals surface area (Å²) in [5, 5.41) is 7.17. The van der Waals surface area contributed by atoms with Gasteiger partial charge in [-0.25, -0.2) is 0 Å². The van der Waals surface area contributed by atoms with Crippen molar-refractivity contribution in [1.82, 2.24) is 10.3 Å². The van der Waals surface area contributed by atoms with Gasteiger partial charge in [0.2, 0.25) is 5.91 Å². The van der Waals surface area contributed by atoms with E-state index in [1.54, 1.807) is 18.3 Å². The van der Waals surface area contributed by atoms with Crippen molar-refractivity contribution in [1.29, 1.82) is 0 Å². The van der Waals surface area contributed by atoms with Crippen LogP contribution in [0.15, 0.2) is 65.2 Å². The number of rotatable bonds is 7. The first kappa shape index (κ1) is 20.6. The number of furan rings is 1. The van der Waals surface area contributed by atoms with Crippen molar-refractivity contribution in [2.75, 3.05) is 11.9 Å². The molecule has 0 atom stereocenters. The number of nitrogens with zero attached hydrogens (tertiary/aromatic N) is 1. The molecular weight excluding hydrogens is 394 g/mol. The second-order valence-corrected chi connectivity index (χ2v) is 7.38. The van der Waals surface area contributed by atoms with E-state index in [9.17, 15) is 9.59 Å². The SMILES string of the molecule is CC(C)OCc1c(C(=O)NCC(=O)Nc2cccc3cccnc23)oc2ccccc12. The van der Waals surface area contributed by atoms with Crippen molar-refractivity contribution in [3.63, 3.8) is 0 Å². The maximum Gasteiger partial charge on any atom is 0.287 e. The molecule has 0 saturated carbocycles. The highest BCUT2D eigenvalue weighted by atomic mass is 16.5. The second kappa shape index (κ2) is 8.97. The van der Waals surface area contributed by atoms with Gasteiger partial charge in [-0.3, -0.25) is 14.6 Å². The molecule has 4 rings (SSSR count). The topological polar surface area (TPSA) is 93.5 Å². The van der Waals surface area contributed by atoms with E-state index in [0.29, 0.717) is 22.4 Å². The van der Waals surface area contributed by atoms with Gasteiger partial charge in [-0.2, -0.15) is 0 Å². The summed E-state index contributed by atoms with van der Waals surface area (Å²) < 4.78 is 11.5. The quantitative estimate of drug-likeness (QED) is 0.468. The van der Waals surface area contributed by atoms with E-state index in [-0.39, 0.29) is 30.9 Å². The molecule has 4 aromatic rings. The molecule has 7 nitrogen and oxygen atoms in total. The molecule has 2 amide bonds. The lowest BCUT2D eigenvalue weighted by Crippen LogP contribution is -2.33. The zero-order valence-corrected chi connectivity index (χ0v) is 17.3. The third kappa shape index (κ3) is 4.57. The maximum atomic E-state index is 12.8. The highest BCUT2D eigenvalue weighted by molar-refractivity contribution is 6.04. The maximum absolute atomic E-state index is 12.8. The number of amides is 2. The number of benzene rings is 2. The van der Waals surface area contributed by atoms with Crippen LogP contribution in [-0.2, 0) is 16.1 Å². The fraction of sp³-hybridized carbons (Fsp3) is 0.208. The summed E-state index contributed by atoms with van der Waals surface area (Å²) in [6.07, 6.45) is 1.67. The van der Waals surface area contributed by atoms with Gasteiger partial charge in [-0.15, -0.1) is 0 Å². The molecule has 2 N–H and O–H groups in total. The summed E-state index contributed by atoms with van der Waals surface area (Å²) >= 11 is 0. The standard InChI is InChI=1S/C24H23N3O4/c1-15(2)30-14-18-17-9-3-4-11-20(17)31-23(18)24(29)26-13-21(28)27-19-10-5-7-16-8-6-12-25-22(16)19/h3-12,15H,13-14H2,1-2H3,(H,26,29)(H,27,28). The molecule has 0 aliphatic carbocycles. The van der Waals surface area contributed by atoms with Gasteiger partial charge in [-0.1, -0.05) is 36.4 Å². The Morgan fingerprint density at radius 2 is 1.87 bits per heavy atom. The van der Waals surface area contributed by atoms with E-state index in [1.165, 1.54) is 0 Å². The molecule has 2 heterocycles.